The van der Waals surface area contributed by atoms with Gasteiger partial charge in [-0.2, -0.15) is 8.42 Å². The number of thiocarbonyl (C=S) groups is 1. The number of allylic oxidation sites excluding steroid dienone is 4. The molecular formula is C26H32N2O4S4. The molecule has 0 aromatic heterocycles. The summed E-state index contributed by atoms with van der Waals surface area (Å²) in [5.41, 5.74) is 5.57. The van der Waals surface area contributed by atoms with E-state index < -0.39 is 10.1 Å². The predicted octanol–water partition coefficient (Wildman–Crippen LogP) is 6.22. The average molecular weight is 565 g/mol. The first kappa shape index (κ1) is 27.4. The fourth-order valence-corrected chi connectivity index (χ4v) is 7.97. The number of nitrogens with zero attached hydrogens (tertiary/aromatic N) is 2. The second kappa shape index (κ2) is 10.3. The van der Waals surface area contributed by atoms with Crippen molar-refractivity contribution < 1.29 is 17.8 Å². The van der Waals surface area contributed by atoms with Gasteiger partial charge in [-0.25, -0.2) is 0 Å². The molecule has 1 fully saturated rings. The molecule has 194 valence electrons. The fraction of sp³-hybridized carbons (Fsp3) is 0.462. The molecule has 1 aliphatic carbocycles. The number of fused-ring (bicyclic) bond motifs is 1. The van der Waals surface area contributed by atoms with E-state index in [1.165, 1.54) is 22.9 Å². The molecule has 0 atom stereocenters. The molecule has 1 aromatic carbocycles. The van der Waals surface area contributed by atoms with Crippen LogP contribution in [0.5, 0.6) is 0 Å². The Hall–Kier alpha value is -1.59. The van der Waals surface area contributed by atoms with Gasteiger partial charge >= 0.3 is 0 Å². The van der Waals surface area contributed by atoms with Crippen LogP contribution in [0.4, 0.5) is 5.69 Å². The third-order valence-electron chi connectivity index (χ3n) is 6.61. The van der Waals surface area contributed by atoms with Gasteiger partial charge in [0, 0.05) is 18.0 Å². The second-order valence-electron chi connectivity index (χ2n) is 10.3. The van der Waals surface area contributed by atoms with Crippen LogP contribution in [0, 0.1) is 19.3 Å². The average Bonchev–Trinajstić information content (AvgIpc) is 3.22. The Bertz CT molecular complexity index is 1330. The summed E-state index contributed by atoms with van der Waals surface area (Å²) in [4.78, 5) is 18.7. The van der Waals surface area contributed by atoms with Crippen molar-refractivity contribution in [2.75, 3.05) is 23.7 Å². The number of likely N-dealkylation sites (N-methyl/N-ethyl adjacent to an activating group) is 1. The molecule has 0 spiro atoms. The molecule has 2 heterocycles. The van der Waals surface area contributed by atoms with Crippen LogP contribution in [0.3, 0.4) is 0 Å². The first-order chi connectivity index (χ1) is 16.8. The maximum absolute atomic E-state index is 13.0. The van der Waals surface area contributed by atoms with Crippen molar-refractivity contribution in [3.05, 3.63) is 56.5 Å². The van der Waals surface area contributed by atoms with Gasteiger partial charge in [0.1, 0.15) is 4.32 Å². The van der Waals surface area contributed by atoms with Crippen molar-refractivity contribution >= 4 is 61.8 Å². The summed E-state index contributed by atoms with van der Waals surface area (Å²) >= 11 is 8.50. The number of anilines is 1. The smallest absolute Gasteiger partial charge is 0.266 e. The van der Waals surface area contributed by atoms with Gasteiger partial charge in [0.25, 0.3) is 16.0 Å². The molecule has 0 saturated carbocycles. The molecule has 2 aliphatic heterocycles. The van der Waals surface area contributed by atoms with E-state index in [0.29, 0.717) is 23.8 Å². The van der Waals surface area contributed by atoms with E-state index in [2.05, 4.69) is 56.9 Å². The van der Waals surface area contributed by atoms with Crippen LogP contribution in [0.1, 0.15) is 51.2 Å². The van der Waals surface area contributed by atoms with E-state index in [0.717, 1.165) is 44.5 Å². The van der Waals surface area contributed by atoms with Gasteiger partial charge in [-0.3, -0.25) is 14.2 Å². The SMILES string of the molecule is CCN1C(=O)/C(=C2\C=C(C=C3Sc4cc(C)c(C)cc4N3CCCS(=O)(=O)O)CC(C)(C)C2)SC1=S. The Balaban J connectivity index is 1.72. The third kappa shape index (κ3) is 5.93. The van der Waals surface area contributed by atoms with Crippen LogP contribution < -0.4 is 4.90 Å². The maximum atomic E-state index is 13.0. The minimum Gasteiger partial charge on any atom is -0.335 e. The van der Waals surface area contributed by atoms with E-state index in [9.17, 15) is 17.8 Å². The van der Waals surface area contributed by atoms with Gasteiger partial charge in [0.05, 0.1) is 21.4 Å². The highest BCUT2D eigenvalue weighted by Gasteiger charge is 2.36. The molecule has 1 N–H and O–H groups in total. The van der Waals surface area contributed by atoms with Crippen molar-refractivity contribution in [1.82, 2.24) is 4.90 Å². The number of thioether (sulfide) groups is 2. The first-order valence-corrected chi connectivity index (χ1v) is 15.6. The molecule has 1 saturated heterocycles. The van der Waals surface area contributed by atoms with Gasteiger partial charge in [-0.15, -0.1) is 0 Å². The van der Waals surface area contributed by atoms with Gasteiger partial charge in [-0.1, -0.05) is 55.7 Å². The van der Waals surface area contributed by atoms with Crippen LogP contribution >= 0.6 is 35.7 Å². The van der Waals surface area contributed by atoms with Crippen LogP contribution in [0.25, 0.3) is 0 Å². The number of carbonyl (C=O) groups excluding carboxylic acids is 1. The molecule has 1 aromatic rings. The zero-order chi connectivity index (χ0) is 26.4. The quantitative estimate of drug-likeness (QED) is 0.248. The van der Waals surface area contributed by atoms with E-state index in [1.807, 2.05) is 6.92 Å². The number of carbonyl (C=O) groups is 1. The number of aryl methyl sites for hydroxylation is 2. The lowest BCUT2D eigenvalue weighted by molar-refractivity contribution is -0.122. The number of hydrogen-bond acceptors (Lipinski definition) is 7. The van der Waals surface area contributed by atoms with Crippen molar-refractivity contribution in [3.8, 4) is 0 Å². The molecule has 1 amide bonds. The number of benzene rings is 1. The van der Waals surface area contributed by atoms with Crippen molar-refractivity contribution in [2.24, 2.45) is 5.41 Å². The molecular weight excluding hydrogens is 533 g/mol. The van der Waals surface area contributed by atoms with E-state index >= 15 is 0 Å². The standard InChI is InChI=1S/C26H32N2O4S4/c1-6-27-24(29)23(35-25(27)33)19-12-18(14-26(4,5)15-19)13-22-28(8-7-9-36(30,31)32)20-10-16(2)17(3)11-21(20)34-22/h10-13H,6-9,14-15H2,1-5H3,(H,30,31,32)/b22-13?,23-19-. The largest absolute Gasteiger partial charge is 0.335 e. The Kier molecular flexibility index (Phi) is 7.84. The lowest BCUT2D eigenvalue weighted by atomic mass is 9.75. The van der Waals surface area contributed by atoms with Crippen LogP contribution in [-0.4, -0.2) is 46.9 Å². The van der Waals surface area contributed by atoms with Gasteiger partial charge in [0.15, 0.2) is 0 Å². The van der Waals surface area contributed by atoms with Crippen LogP contribution in [-0.2, 0) is 14.9 Å². The van der Waals surface area contributed by atoms with Gasteiger partial charge < -0.3 is 4.90 Å². The molecule has 10 heteroatoms. The number of hydrogen-bond donors (Lipinski definition) is 1. The zero-order valence-electron chi connectivity index (χ0n) is 21.3. The minimum atomic E-state index is -4.02. The number of rotatable bonds is 6. The molecule has 4 rings (SSSR count). The van der Waals surface area contributed by atoms with E-state index in [1.54, 1.807) is 16.7 Å². The van der Waals surface area contributed by atoms with Crippen molar-refractivity contribution in [3.63, 3.8) is 0 Å². The summed E-state index contributed by atoms with van der Waals surface area (Å²) in [5, 5.41) is 1.02. The lowest BCUT2D eigenvalue weighted by Crippen LogP contribution is -2.28. The minimum absolute atomic E-state index is 0.0103. The molecule has 0 radical (unpaired) electrons. The summed E-state index contributed by atoms with van der Waals surface area (Å²) < 4.78 is 32.5. The van der Waals surface area contributed by atoms with Gasteiger partial charge in [-0.05, 0) is 85.9 Å². The van der Waals surface area contributed by atoms with E-state index in [4.69, 9.17) is 12.2 Å². The summed E-state index contributed by atoms with van der Waals surface area (Å²) in [5.74, 6) is -0.287. The highest BCUT2D eigenvalue weighted by molar-refractivity contribution is 8.26. The van der Waals surface area contributed by atoms with E-state index in [-0.39, 0.29) is 17.1 Å². The van der Waals surface area contributed by atoms with Crippen molar-refractivity contribution in [1.29, 1.82) is 0 Å². The zero-order valence-corrected chi connectivity index (χ0v) is 24.5. The van der Waals surface area contributed by atoms with Crippen molar-refractivity contribution in [2.45, 2.75) is 58.8 Å². The highest BCUT2D eigenvalue weighted by Crippen LogP contribution is 2.49. The lowest BCUT2D eigenvalue weighted by Gasteiger charge is -2.31. The van der Waals surface area contributed by atoms with Gasteiger partial charge in [0.2, 0.25) is 0 Å². The Morgan fingerprint density at radius 1 is 1.14 bits per heavy atom. The Morgan fingerprint density at radius 3 is 2.47 bits per heavy atom. The maximum Gasteiger partial charge on any atom is 0.266 e. The summed E-state index contributed by atoms with van der Waals surface area (Å²) in [7, 11) is -4.02. The molecule has 3 aliphatic rings. The number of amides is 1. The highest BCUT2D eigenvalue weighted by atomic mass is 32.2. The Morgan fingerprint density at radius 2 is 1.83 bits per heavy atom. The third-order valence-corrected chi connectivity index (χ3v) is 10.0. The van der Waals surface area contributed by atoms with Crippen LogP contribution in [0.15, 0.2) is 50.3 Å². The molecule has 0 bridgehead atoms. The summed E-state index contributed by atoms with van der Waals surface area (Å²) in [6, 6.07) is 4.32. The summed E-state index contributed by atoms with van der Waals surface area (Å²) in [6.45, 7) is 11.6. The molecule has 6 nitrogen and oxygen atoms in total. The molecule has 0 unspecified atom stereocenters. The second-order valence-corrected chi connectivity index (χ2v) is 14.6. The molecule has 36 heavy (non-hydrogen) atoms. The first-order valence-electron chi connectivity index (χ1n) is 12.0. The van der Waals surface area contributed by atoms with Crippen LogP contribution in [0.2, 0.25) is 0 Å². The Labute approximate surface area is 228 Å². The normalized spacial score (nSPS) is 23.1. The predicted molar refractivity (Wildman–Crippen MR) is 154 cm³/mol. The fourth-order valence-electron chi connectivity index (χ4n) is 4.82. The summed E-state index contributed by atoms with van der Waals surface area (Å²) in [6.07, 6.45) is 6.29. The monoisotopic (exact) mass is 564 g/mol. The topological polar surface area (TPSA) is 77.9 Å².